The number of carbonyl (C=O) groups is 1. The fraction of sp³-hybridized carbons (Fsp3) is 0.308. The van der Waals surface area contributed by atoms with E-state index >= 15 is 0 Å². The molecule has 1 N–H and O–H groups in total. The lowest BCUT2D eigenvalue weighted by Crippen LogP contribution is -2.43. The van der Waals surface area contributed by atoms with E-state index in [1.165, 1.54) is 12.3 Å². The van der Waals surface area contributed by atoms with Crippen LogP contribution in [0.1, 0.15) is 24.8 Å². The second kappa shape index (κ2) is 3.54. The van der Waals surface area contributed by atoms with Gasteiger partial charge >= 0.3 is 5.97 Å². The van der Waals surface area contributed by atoms with Crippen molar-refractivity contribution in [1.29, 1.82) is 0 Å². The summed E-state index contributed by atoms with van der Waals surface area (Å²) in [6.45, 7) is 0. The fourth-order valence-corrected chi connectivity index (χ4v) is 2.61. The summed E-state index contributed by atoms with van der Waals surface area (Å²) in [6, 6.07) is 2.11. The van der Waals surface area contributed by atoms with Crippen molar-refractivity contribution in [3.05, 3.63) is 35.6 Å². The third-order valence-corrected chi connectivity index (χ3v) is 3.74. The monoisotopic (exact) mass is 252 g/mol. The molecule has 1 heterocycles. The quantitative estimate of drug-likeness (QED) is 0.892. The van der Waals surface area contributed by atoms with E-state index < -0.39 is 23.0 Å². The number of carboxylic acid groups (broad SMARTS) is 1. The molecule has 5 heteroatoms. The summed E-state index contributed by atoms with van der Waals surface area (Å²) in [7, 11) is 0. The summed E-state index contributed by atoms with van der Waals surface area (Å²) in [6.07, 6.45) is 2.65. The van der Waals surface area contributed by atoms with Gasteiger partial charge in [-0.05, 0) is 18.9 Å². The van der Waals surface area contributed by atoms with E-state index in [9.17, 15) is 18.7 Å². The molecular formula is C13H10F2O3. The van der Waals surface area contributed by atoms with Gasteiger partial charge in [-0.1, -0.05) is 6.42 Å². The van der Waals surface area contributed by atoms with Crippen LogP contribution in [-0.4, -0.2) is 11.1 Å². The predicted molar refractivity (Wildman–Crippen MR) is 59.3 cm³/mol. The molecule has 0 spiro atoms. The number of halogens is 2. The normalized spacial score (nSPS) is 17.7. The molecule has 0 radical (unpaired) electrons. The number of hydrogen-bond donors (Lipinski definition) is 1. The lowest BCUT2D eigenvalue weighted by atomic mass is 9.64. The first kappa shape index (κ1) is 11.2. The van der Waals surface area contributed by atoms with Gasteiger partial charge < -0.3 is 9.52 Å². The van der Waals surface area contributed by atoms with E-state index in [1.54, 1.807) is 0 Å². The van der Waals surface area contributed by atoms with E-state index in [0.717, 1.165) is 6.07 Å². The molecule has 18 heavy (non-hydrogen) atoms. The zero-order chi connectivity index (χ0) is 12.9. The third kappa shape index (κ3) is 1.24. The Morgan fingerprint density at radius 2 is 2.06 bits per heavy atom. The molecule has 1 aromatic heterocycles. The van der Waals surface area contributed by atoms with Gasteiger partial charge in [-0.3, -0.25) is 4.79 Å². The molecule has 1 aliphatic rings. The first-order chi connectivity index (χ1) is 8.56. The molecule has 0 unspecified atom stereocenters. The summed E-state index contributed by atoms with van der Waals surface area (Å²) in [5.74, 6) is -2.67. The van der Waals surface area contributed by atoms with Crippen molar-refractivity contribution >= 4 is 16.9 Å². The van der Waals surface area contributed by atoms with E-state index in [-0.39, 0.29) is 16.5 Å². The van der Waals surface area contributed by atoms with Crippen molar-refractivity contribution < 1.29 is 23.1 Å². The summed E-state index contributed by atoms with van der Waals surface area (Å²) >= 11 is 0. The van der Waals surface area contributed by atoms with E-state index in [1.807, 2.05) is 0 Å². The van der Waals surface area contributed by atoms with Crippen LogP contribution >= 0.6 is 0 Å². The molecule has 2 aromatic rings. The molecule has 1 aromatic carbocycles. The van der Waals surface area contributed by atoms with Gasteiger partial charge in [-0.15, -0.1) is 0 Å². The number of benzene rings is 1. The van der Waals surface area contributed by atoms with Crippen molar-refractivity contribution in [2.45, 2.75) is 24.7 Å². The number of hydrogen-bond acceptors (Lipinski definition) is 2. The van der Waals surface area contributed by atoms with Gasteiger partial charge in [0.05, 0.1) is 17.1 Å². The van der Waals surface area contributed by atoms with Crippen molar-refractivity contribution in [2.75, 3.05) is 0 Å². The van der Waals surface area contributed by atoms with Crippen molar-refractivity contribution in [3.63, 3.8) is 0 Å². The van der Waals surface area contributed by atoms with E-state index in [4.69, 9.17) is 4.42 Å². The van der Waals surface area contributed by atoms with Gasteiger partial charge in [0.25, 0.3) is 0 Å². The molecule has 1 fully saturated rings. The maximum atomic E-state index is 14.0. The molecule has 3 rings (SSSR count). The van der Waals surface area contributed by atoms with Crippen LogP contribution in [0.3, 0.4) is 0 Å². The average Bonchev–Trinajstić information content (AvgIpc) is 2.69. The Bertz CT molecular complexity index is 641. The van der Waals surface area contributed by atoms with Crippen LogP contribution in [0.25, 0.3) is 11.0 Å². The second-order valence-corrected chi connectivity index (χ2v) is 4.62. The van der Waals surface area contributed by atoms with Gasteiger partial charge in [0.2, 0.25) is 0 Å². The summed E-state index contributed by atoms with van der Waals surface area (Å²) in [5.41, 5.74) is -1.29. The first-order valence-electron chi connectivity index (χ1n) is 5.65. The van der Waals surface area contributed by atoms with Crippen LogP contribution in [0, 0.1) is 11.6 Å². The Kier molecular flexibility index (Phi) is 2.20. The lowest BCUT2D eigenvalue weighted by molar-refractivity contribution is -0.147. The molecule has 0 bridgehead atoms. The summed E-state index contributed by atoms with van der Waals surface area (Å²) < 4.78 is 32.6. The minimum atomic E-state index is -1.27. The highest BCUT2D eigenvalue weighted by Gasteiger charge is 2.49. The largest absolute Gasteiger partial charge is 0.481 e. The third-order valence-electron chi connectivity index (χ3n) is 3.74. The van der Waals surface area contributed by atoms with Crippen LogP contribution in [0.2, 0.25) is 0 Å². The van der Waals surface area contributed by atoms with Gasteiger partial charge in [-0.2, -0.15) is 0 Å². The number of fused-ring (bicyclic) bond motifs is 1. The number of carboxylic acids is 1. The Hall–Kier alpha value is -1.91. The van der Waals surface area contributed by atoms with Gasteiger partial charge in [-0.25, -0.2) is 8.78 Å². The van der Waals surface area contributed by atoms with Gasteiger partial charge in [0, 0.05) is 11.6 Å². The Morgan fingerprint density at radius 3 is 2.61 bits per heavy atom. The van der Waals surface area contributed by atoms with Gasteiger partial charge in [0.1, 0.15) is 17.2 Å². The standard InChI is InChI=1S/C13H10F2O3/c14-8-6-9(15)10(11-7(8)2-5-18-11)13(12(16)17)3-1-4-13/h2,5-6H,1,3-4H2,(H,16,17). The minimum Gasteiger partial charge on any atom is -0.481 e. The van der Waals surface area contributed by atoms with Crippen LogP contribution in [-0.2, 0) is 10.2 Å². The Morgan fingerprint density at radius 1 is 1.33 bits per heavy atom. The summed E-state index contributed by atoms with van der Waals surface area (Å²) in [5, 5.41) is 9.45. The highest BCUT2D eigenvalue weighted by Crippen LogP contribution is 2.48. The fourth-order valence-electron chi connectivity index (χ4n) is 2.61. The zero-order valence-electron chi connectivity index (χ0n) is 9.37. The van der Waals surface area contributed by atoms with Gasteiger partial charge in [0.15, 0.2) is 0 Å². The zero-order valence-corrected chi connectivity index (χ0v) is 9.37. The molecule has 94 valence electrons. The molecule has 0 amide bonds. The molecule has 1 aliphatic carbocycles. The molecule has 0 aliphatic heterocycles. The second-order valence-electron chi connectivity index (χ2n) is 4.62. The molecule has 0 atom stereocenters. The Balaban J connectivity index is 2.35. The first-order valence-corrected chi connectivity index (χ1v) is 5.65. The van der Waals surface area contributed by atoms with E-state index in [2.05, 4.69) is 0 Å². The predicted octanol–water partition coefficient (Wildman–Crippen LogP) is 3.22. The van der Waals surface area contributed by atoms with Crippen molar-refractivity contribution in [1.82, 2.24) is 0 Å². The SMILES string of the molecule is O=C(O)C1(c2c(F)cc(F)c3ccoc23)CCC1. The Labute approximate surface area is 101 Å². The number of rotatable bonds is 2. The van der Waals surface area contributed by atoms with E-state index in [0.29, 0.717) is 19.3 Å². The topological polar surface area (TPSA) is 50.4 Å². The highest BCUT2D eigenvalue weighted by atomic mass is 19.1. The molecule has 0 saturated heterocycles. The molecule has 3 nitrogen and oxygen atoms in total. The smallest absolute Gasteiger partial charge is 0.314 e. The number of aliphatic carboxylic acids is 1. The molecule has 1 saturated carbocycles. The minimum absolute atomic E-state index is 0.00889. The average molecular weight is 252 g/mol. The lowest BCUT2D eigenvalue weighted by Gasteiger charge is -2.38. The maximum Gasteiger partial charge on any atom is 0.314 e. The van der Waals surface area contributed by atoms with Crippen LogP contribution in [0.5, 0.6) is 0 Å². The van der Waals surface area contributed by atoms with Crippen molar-refractivity contribution in [3.8, 4) is 0 Å². The van der Waals surface area contributed by atoms with Crippen LogP contribution in [0.4, 0.5) is 8.78 Å². The molecular weight excluding hydrogens is 242 g/mol. The highest BCUT2D eigenvalue weighted by molar-refractivity contribution is 5.91. The number of furan rings is 1. The van der Waals surface area contributed by atoms with Crippen molar-refractivity contribution in [2.24, 2.45) is 0 Å². The van der Waals surface area contributed by atoms with Crippen LogP contribution in [0.15, 0.2) is 22.8 Å². The maximum absolute atomic E-state index is 14.0. The van der Waals surface area contributed by atoms with Crippen LogP contribution < -0.4 is 0 Å². The summed E-state index contributed by atoms with van der Waals surface area (Å²) in [4.78, 5) is 11.4.